The summed E-state index contributed by atoms with van der Waals surface area (Å²) in [6.45, 7) is 0. The summed E-state index contributed by atoms with van der Waals surface area (Å²) in [5.74, 6) is -2.09. The van der Waals surface area contributed by atoms with Gasteiger partial charge in [0.15, 0.2) is 5.78 Å². The lowest BCUT2D eigenvalue weighted by molar-refractivity contribution is 0.0966. The number of carbonyl (C=O) groups excluding carboxylic acids is 1. The molecule has 5 heteroatoms. The monoisotopic (exact) mass is 345 g/mol. The number of ketones is 1. The first-order valence-electron chi connectivity index (χ1n) is 8.20. The zero-order valence-electron chi connectivity index (χ0n) is 13.9. The first kappa shape index (κ1) is 17.4. The lowest BCUT2D eigenvalue weighted by atomic mass is 9.80. The van der Waals surface area contributed by atoms with Gasteiger partial charge in [-0.05, 0) is 35.9 Å². The van der Waals surface area contributed by atoms with Crippen LogP contribution in [0.25, 0.3) is 0 Å². The molecule has 0 unspecified atom stereocenters. The van der Waals surface area contributed by atoms with Crippen molar-refractivity contribution >= 4 is 5.78 Å². The minimum Gasteiger partial charge on any atom is -0.292 e. The van der Waals surface area contributed by atoms with E-state index in [1.165, 1.54) is 12.3 Å². The summed E-state index contributed by atoms with van der Waals surface area (Å²) in [6.07, 6.45) is 3.08. The number of hydrogen-bond donors (Lipinski definition) is 0. The molecule has 0 fully saturated rings. The summed E-state index contributed by atoms with van der Waals surface area (Å²) in [5, 5.41) is 9.75. The van der Waals surface area contributed by atoms with Crippen LogP contribution in [0, 0.1) is 17.1 Å². The maximum Gasteiger partial charge on any atom is 0.181 e. The van der Waals surface area contributed by atoms with Crippen molar-refractivity contribution in [3.8, 4) is 6.07 Å². The van der Waals surface area contributed by atoms with Gasteiger partial charge < -0.3 is 0 Å². The largest absolute Gasteiger partial charge is 0.292 e. The second kappa shape index (κ2) is 8.13. The highest BCUT2D eigenvalue weighted by atomic mass is 19.1. The molecule has 0 saturated carbocycles. The Morgan fingerprint density at radius 3 is 2.31 bits per heavy atom. The van der Waals surface area contributed by atoms with E-state index in [-0.39, 0.29) is 12.2 Å². The normalized spacial score (nSPS) is 12.8. The fraction of sp³-hybridized carbons (Fsp3) is 0.143. The van der Waals surface area contributed by atoms with Crippen molar-refractivity contribution in [1.29, 1.82) is 5.26 Å². The molecule has 3 aromatic rings. The minimum atomic E-state index is -0.749. The number of benzene rings is 1. The lowest BCUT2D eigenvalue weighted by Crippen LogP contribution is -2.17. The second-order valence-corrected chi connectivity index (χ2v) is 5.83. The van der Waals surface area contributed by atoms with Gasteiger partial charge in [-0.3, -0.25) is 14.8 Å². The molecule has 0 radical (unpaired) electrons. The van der Waals surface area contributed by atoms with Crippen molar-refractivity contribution in [2.45, 2.75) is 18.3 Å². The van der Waals surface area contributed by atoms with Crippen LogP contribution in [-0.4, -0.2) is 15.8 Å². The van der Waals surface area contributed by atoms with E-state index in [0.29, 0.717) is 17.0 Å². The Labute approximate surface area is 151 Å². The maximum absolute atomic E-state index is 14.4. The topological polar surface area (TPSA) is 66.6 Å². The van der Waals surface area contributed by atoms with Gasteiger partial charge in [-0.15, -0.1) is 0 Å². The average molecular weight is 345 g/mol. The summed E-state index contributed by atoms with van der Waals surface area (Å²) in [7, 11) is 0. The summed E-state index contributed by atoms with van der Waals surface area (Å²) in [6, 6.07) is 18.7. The van der Waals surface area contributed by atoms with E-state index in [1.54, 1.807) is 60.8 Å². The van der Waals surface area contributed by atoms with Crippen LogP contribution in [-0.2, 0) is 0 Å². The maximum atomic E-state index is 14.4. The number of aromatic nitrogens is 2. The third-order valence-electron chi connectivity index (χ3n) is 4.21. The Bertz CT molecular complexity index is 923. The summed E-state index contributed by atoms with van der Waals surface area (Å²) in [5.41, 5.74) is 1.14. The van der Waals surface area contributed by atoms with Crippen LogP contribution in [0.15, 0.2) is 73.1 Å². The summed E-state index contributed by atoms with van der Waals surface area (Å²) < 4.78 is 14.4. The van der Waals surface area contributed by atoms with Gasteiger partial charge in [-0.25, -0.2) is 4.39 Å². The van der Waals surface area contributed by atoms with E-state index in [1.807, 2.05) is 0 Å². The van der Waals surface area contributed by atoms with Gasteiger partial charge in [0.05, 0.1) is 17.7 Å². The van der Waals surface area contributed by atoms with Gasteiger partial charge in [0.2, 0.25) is 0 Å². The third-order valence-corrected chi connectivity index (χ3v) is 4.21. The molecule has 0 saturated heterocycles. The molecule has 0 spiro atoms. The lowest BCUT2D eigenvalue weighted by Gasteiger charge is -2.22. The Hall–Kier alpha value is -3.39. The van der Waals surface area contributed by atoms with Crippen molar-refractivity contribution in [3.63, 3.8) is 0 Å². The molecule has 0 bridgehead atoms. The number of rotatable bonds is 6. The zero-order chi connectivity index (χ0) is 18.4. The molecule has 2 heterocycles. The van der Waals surface area contributed by atoms with Gasteiger partial charge in [0.1, 0.15) is 11.5 Å². The van der Waals surface area contributed by atoms with Crippen LogP contribution in [0.4, 0.5) is 4.39 Å². The van der Waals surface area contributed by atoms with Crippen molar-refractivity contribution in [1.82, 2.24) is 9.97 Å². The van der Waals surface area contributed by atoms with Crippen LogP contribution in [0.3, 0.4) is 0 Å². The number of halogens is 1. The van der Waals surface area contributed by atoms with E-state index >= 15 is 0 Å². The average Bonchev–Trinajstić information content (AvgIpc) is 2.70. The van der Waals surface area contributed by atoms with E-state index in [9.17, 15) is 14.4 Å². The summed E-state index contributed by atoms with van der Waals surface area (Å²) in [4.78, 5) is 21.0. The van der Waals surface area contributed by atoms with E-state index < -0.39 is 17.7 Å². The molecule has 26 heavy (non-hydrogen) atoms. The van der Waals surface area contributed by atoms with Gasteiger partial charge in [-0.1, -0.05) is 30.3 Å². The van der Waals surface area contributed by atoms with Gasteiger partial charge in [-0.2, -0.15) is 5.26 Å². The first-order valence-corrected chi connectivity index (χ1v) is 8.20. The molecule has 0 aliphatic heterocycles. The second-order valence-electron chi connectivity index (χ2n) is 5.83. The third kappa shape index (κ3) is 3.81. The standard InChI is InChI=1S/C21H16FN3O/c22-18-8-2-1-7-15(18)16(13-21(26)20-10-4-6-12-25-20)17(14-23)19-9-3-5-11-24-19/h1-12,16-17H,13H2/t16-,17+/m1/s1. The molecule has 0 N–H and O–H groups in total. The summed E-state index contributed by atoms with van der Waals surface area (Å²) >= 11 is 0. The first-order chi connectivity index (χ1) is 12.7. The molecular formula is C21H16FN3O. The van der Waals surface area contributed by atoms with Crippen LogP contribution >= 0.6 is 0 Å². The highest BCUT2D eigenvalue weighted by Gasteiger charge is 2.30. The number of nitrogens with zero attached hydrogens (tertiary/aromatic N) is 3. The van der Waals surface area contributed by atoms with E-state index in [2.05, 4.69) is 16.0 Å². The number of carbonyl (C=O) groups is 1. The smallest absolute Gasteiger partial charge is 0.181 e. The van der Waals surface area contributed by atoms with Gasteiger partial charge in [0, 0.05) is 24.7 Å². The Balaban J connectivity index is 2.01. The molecule has 3 rings (SSSR count). The highest BCUT2D eigenvalue weighted by Crippen LogP contribution is 2.36. The predicted octanol–water partition coefficient (Wildman–Crippen LogP) is 4.28. The molecule has 0 amide bonds. The molecular weight excluding hydrogens is 329 g/mol. The van der Waals surface area contributed by atoms with Gasteiger partial charge >= 0.3 is 0 Å². The molecule has 1 aromatic carbocycles. The van der Waals surface area contributed by atoms with Crippen molar-refractivity contribution < 1.29 is 9.18 Å². The van der Waals surface area contributed by atoms with Crippen molar-refractivity contribution in [3.05, 3.63) is 95.8 Å². The van der Waals surface area contributed by atoms with Crippen molar-refractivity contribution in [2.24, 2.45) is 0 Å². The quantitative estimate of drug-likeness (QED) is 0.625. The fourth-order valence-electron chi connectivity index (χ4n) is 2.94. The fourth-order valence-corrected chi connectivity index (χ4v) is 2.94. The van der Waals surface area contributed by atoms with Crippen LogP contribution in [0.5, 0.6) is 0 Å². The number of Topliss-reactive ketones (excluding diaryl/α,β-unsaturated/α-hetero) is 1. The van der Waals surface area contributed by atoms with Crippen molar-refractivity contribution in [2.75, 3.05) is 0 Å². The number of hydrogen-bond acceptors (Lipinski definition) is 4. The predicted molar refractivity (Wildman–Crippen MR) is 94.9 cm³/mol. The SMILES string of the molecule is N#C[C@H](c1ccccn1)[C@H](CC(=O)c1ccccn1)c1ccccc1F. The molecule has 4 nitrogen and oxygen atoms in total. The van der Waals surface area contributed by atoms with Crippen LogP contribution in [0.1, 0.15) is 40.0 Å². The molecule has 128 valence electrons. The molecule has 0 aliphatic rings. The zero-order valence-corrected chi connectivity index (χ0v) is 13.9. The minimum absolute atomic E-state index is 0.0350. The molecule has 2 atom stereocenters. The Kier molecular flexibility index (Phi) is 5.45. The van der Waals surface area contributed by atoms with E-state index in [4.69, 9.17) is 0 Å². The van der Waals surface area contributed by atoms with Crippen LogP contribution in [0.2, 0.25) is 0 Å². The Morgan fingerprint density at radius 1 is 1.00 bits per heavy atom. The van der Waals surface area contributed by atoms with Crippen LogP contribution < -0.4 is 0 Å². The molecule has 2 aromatic heterocycles. The number of nitriles is 1. The highest BCUT2D eigenvalue weighted by molar-refractivity contribution is 5.94. The van der Waals surface area contributed by atoms with Gasteiger partial charge in [0.25, 0.3) is 0 Å². The Morgan fingerprint density at radius 2 is 1.69 bits per heavy atom. The van der Waals surface area contributed by atoms with E-state index in [0.717, 1.165) is 0 Å². The number of pyridine rings is 2. The molecule has 0 aliphatic carbocycles.